The van der Waals surface area contributed by atoms with Crippen LogP contribution in [0.2, 0.25) is 0 Å². The number of rotatable bonds is 2. The average molecular weight is 329 g/mol. The molecule has 0 radical (unpaired) electrons. The van der Waals surface area contributed by atoms with Crippen molar-refractivity contribution in [1.29, 1.82) is 0 Å². The predicted octanol–water partition coefficient (Wildman–Crippen LogP) is 4.22. The second kappa shape index (κ2) is 4.71. The van der Waals surface area contributed by atoms with Crippen LogP contribution in [0, 0.1) is 35.5 Å². The Labute approximate surface area is 145 Å². The Balaban J connectivity index is 1.23. The first-order chi connectivity index (χ1) is 11.7. The number of fused-ring (bicyclic) bond motifs is 10. The van der Waals surface area contributed by atoms with E-state index >= 15 is 0 Å². The quantitative estimate of drug-likeness (QED) is 0.783. The third-order valence-corrected chi connectivity index (χ3v) is 9.77. The van der Waals surface area contributed by atoms with Crippen LogP contribution in [-0.4, -0.2) is 17.1 Å². The Morgan fingerprint density at radius 1 is 0.708 bits per heavy atom. The molecular weight excluding hydrogens is 296 g/mol. The van der Waals surface area contributed by atoms with E-state index in [1.165, 1.54) is 77.0 Å². The standard InChI is InChI=1S/C21H32N2O/c24-19(22-20-9-1-3-17(20)13-5-7-15(20)11-13)23-21-10-2-4-18(21)14-6-8-16(21)12-14/h13-18H,1-12H2,(H2,22,23,24)/t13-,14-,15+,16+,17+,18+,20-,21+/m0/s1. The maximum Gasteiger partial charge on any atom is 0.315 e. The Morgan fingerprint density at radius 3 is 1.71 bits per heavy atom. The van der Waals surface area contributed by atoms with Crippen molar-refractivity contribution in [3.8, 4) is 0 Å². The lowest BCUT2D eigenvalue weighted by atomic mass is 9.74. The molecule has 0 aliphatic heterocycles. The lowest BCUT2D eigenvalue weighted by molar-refractivity contribution is 0.131. The van der Waals surface area contributed by atoms with Crippen LogP contribution in [0.3, 0.4) is 0 Å². The van der Waals surface area contributed by atoms with Crippen molar-refractivity contribution in [2.24, 2.45) is 35.5 Å². The van der Waals surface area contributed by atoms with Gasteiger partial charge in [-0.15, -0.1) is 0 Å². The van der Waals surface area contributed by atoms with E-state index in [0.717, 1.165) is 35.5 Å². The van der Waals surface area contributed by atoms with E-state index in [2.05, 4.69) is 10.6 Å². The van der Waals surface area contributed by atoms with Crippen molar-refractivity contribution in [1.82, 2.24) is 10.6 Å². The van der Waals surface area contributed by atoms with Gasteiger partial charge in [0.15, 0.2) is 0 Å². The molecule has 2 amide bonds. The van der Waals surface area contributed by atoms with Crippen LogP contribution in [0.25, 0.3) is 0 Å². The smallest absolute Gasteiger partial charge is 0.315 e. The Kier molecular flexibility index (Phi) is 2.83. The molecule has 24 heavy (non-hydrogen) atoms. The number of carbonyl (C=O) groups excluding carboxylic acids is 1. The van der Waals surface area contributed by atoms with Crippen molar-refractivity contribution in [2.75, 3.05) is 0 Å². The molecule has 3 nitrogen and oxygen atoms in total. The molecule has 2 N–H and O–H groups in total. The molecule has 0 heterocycles. The van der Waals surface area contributed by atoms with E-state index < -0.39 is 0 Å². The van der Waals surface area contributed by atoms with Crippen LogP contribution < -0.4 is 10.6 Å². The lowest BCUT2D eigenvalue weighted by Gasteiger charge is -2.44. The first-order valence-corrected chi connectivity index (χ1v) is 10.8. The van der Waals surface area contributed by atoms with Gasteiger partial charge in [-0.2, -0.15) is 0 Å². The fourth-order valence-electron chi connectivity index (χ4n) is 9.11. The molecule has 6 fully saturated rings. The van der Waals surface area contributed by atoms with Gasteiger partial charge in [0.05, 0.1) is 0 Å². The minimum absolute atomic E-state index is 0.176. The highest BCUT2D eigenvalue weighted by Crippen LogP contribution is 2.62. The highest BCUT2D eigenvalue weighted by Gasteiger charge is 2.63. The molecule has 0 aromatic rings. The highest BCUT2D eigenvalue weighted by molar-refractivity contribution is 5.76. The summed E-state index contributed by atoms with van der Waals surface area (Å²) in [5.74, 6) is 4.96. The average Bonchev–Trinajstić information content (AvgIpc) is 3.34. The molecule has 6 aliphatic rings. The molecule has 6 rings (SSSR count). The van der Waals surface area contributed by atoms with Crippen LogP contribution in [-0.2, 0) is 0 Å². The van der Waals surface area contributed by atoms with E-state index in [-0.39, 0.29) is 17.1 Å². The summed E-state index contributed by atoms with van der Waals surface area (Å²) in [7, 11) is 0. The molecule has 6 saturated carbocycles. The van der Waals surface area contributed by atoms with E-state index in [0.29, 0.717) is 0 Å². The van der Waals surface area contributed by atoms with Gasteiger partial charge in [0.1, 0.15) is 0 Å². The Morgan fingerprint density at radius 2 is 1.21 bits per heavy atom. The van der Waals surface area contributed by atoms with Crippen LogP contribution >= 0.6 is 0 Å². The SMILES string of the molecule is O=C(N[C@]12CCC[C@@H]1[C@H]1CC[C@@H]2C1)N[C@@]12CCC[C@@H]1[C@H]1CC[C@@H]2C1. The summed E-state index contributed by atoms with van der Waals surface area (Å²) >= 11 is 0. The van der Waals surface area contributed by atoms with Crippen LogP contribution in [0.4, 0.5) is 4.79 Å². The van der Waals surface area contributed by atoms with E-state index in [1.807, 2.05) is 0 Å². The predicted molar refractivity (Wildman–Crippen MR) is 93.5 cm³/mol. The first-order valence-electron chi connectivity index (χ1n) is 10.8. The molecule has 0 unspecified atom stereocenters. The van der Waals surface area contributed by atoms with Crippen molar-refractivity contribution in [3.05, 3.63) is 0 Å². The zero-order valence-corrected chi connectivity index (χ0v) is 14.9. The monoisotopic (exact) mass is 328 g/mol. The van der Waals surface area contributed by atoms with E-state index in [1.54, 1.807) is 0 Å². The summed E-state index contributed by atoms with van der Waals surface area (Å²) in [6.45, 7) is 0. The third-order valence-electron chi connectivity index (χ3n) is 9.77. The zero-order valence-electron chi connectivity index (χ0n) is 14.9. The fourth-order valence-corrected chi connectivity index (χ4v) is 9.11. The molecule has 6 aliphatic carbocycles. The van der Waals surface area contributed by atoms with Crippen LogP contribution in [0.5, 0.6) is 0 Å². The normalized spacial score (nSPS) is 56.5. The third kappa shape index (κ3) is 1.63. The molecule has 132 valence electrons. The molecule has 0 aromatic carbocycles. The maximum atomic E-state index is 13.2. The van der Waals surface area contributed by atoms with Gasteiger partial charge in [0.25, 0.3) is 0 Å². The van der Waals surface area contributed by atoms with Crippen molar-refractivity contribution in [2.45, 2.75) is 88.1 Å². The van der Waals surface area contributed by atoms with Crippen LogP contribution in [0.1, 0.15) is 77.0 Å². The molecular formula is C21H32N2O. The van der Waals surface area contributed by atoms with Gasteiger partial charge in [0.2, 0.25) is 0 Å². The van der Waals surface area contributed by atoms with E-state index in [4.69, 9.17) is 0 Å². The Bertz CT molecular complexity index is 528. The van der Waals surface area contributed by atoms with Gasteiger partial charge in [0, 0.05) is 11.1 Å². The van der Waals surface area contributed by atoms with Gasteiger partial charge in [-0.05, 0) is 99.7 Å². The van der Waals surface area contributed by atoms with Crippen LogP contribution in [0.15, 0.2) is 0 Å². The summed E-state index contributed by atoms with van der Waals surface area (Å²) < 4.78 is 0. The van der Waals surface area contributed by atoms with Gasteiger partial charge in [-0.3, -0.25) is 0 Å². The highest BCUT2D eigenvalue weighted by atomic mass is 16.2. The Hall–Kier alpha value is -0.730. The molecule has 0 aromatic heterocycles. The molecule has 0 spiro atoms. The number of nitrogens with one attached hydrogen (secondary N) is 2. The largest absolute Gasteiger partial charge is 0.332 e. The molecule has 4 bridgehead atoms. The minimum atomic E-state index is 0.176. The number of hydrogen-bond acceptors (Lipinski definition) is 1. The topological polar surface area (TPSA) is 41.1 Å². The number of amides is 2. The second-order valence-electron chi connectivity index (χ2n) is 10.2. The summed E-state index contributed by atoms with van der Waals surface area (Å²) in [5, 5.41) is 7.26. The first kappa shape index (κ1) is 14.4. The summed E-state index contributed by atoms with van der Waals surface area (Å²) in [6.07, 6.45) is 16.2. The molecule has 3 heteroatoms. The van der Waals surface area contributed by atoms with Gasteiger partial charge < -0.3 is 10.6 Å². The molecule has 0 saturated heterocycles. The van der Waals surface area contributed by atoms with Gasteiger partial charge in [-0.25, -0.2) is 4.79 Å². The van der Waals surface area contributed by atoms with E-state index in [9.17, 15) is 4.79 Å². The van der Waals surface area contributed by atoms with Gasteiger partial charge >= 0.3 is 6.03 Å². The minimum Gasteiger partial charge on any atom is -0.332 e. The second-order valence-corrected chi connectivity index (χ2v) is 10.2. The summed E-state index contributed by atoms with van der Waals surface area (Å²) in [5.41, 5.74) is 0.352. The lowest BCUT2D eigenvalue weighted by Crippen LogP contribution is -2.63. The maximum absolute atomic E-state index is 13.2. The van der Waals surface area contributed by atoms with Gasteiger partial charge in [-0.1, -0.05) is 12.8 Å². The number of hydrogen-bond donors (Lipinski definition) is 2. The fraction of sp³-hybridized carbons (Fsp3) is 0.952. The number of urea groups is 1. The summed E-state index contributed by atoms with van der Waals surface area (Å²) in [4.78, 5) is 13.2. The van der Waals surface area contributed by atoms with Crippen molar-refractivity contribution < 1.29 is 4.79 Å². The van der Waals surface area contributed by atoms with Crippen molar-refractivity contribution >= 4 is 6.03 Å². The molecule has 8 atom stereocenters. The number of carbonyl (C=O) groups is 1. The summed E-state index contributed by atoms with van der Waals surface area (Å²) in [6, 6.07) is 0.203. The van der Waals surface area contributed by atoms with Crippen molar-refractivity contribution in [3.63, 3.8) is 0 Å². The zero-order chi connectivity index (χ0) is 15.9.